The Labute approximate surface area is 231 Å². The molecule has 3 rings (SSSR count). The standard InChI is InChI=1S/C30H39Cl2N3O2/c1-6-15-34-28(36)21-9-7-20(8-10-21)19(2)35(26-13-11-23(12-14-26)30(3,4)5)29(37)27(33)22-16-24(31)18-25(32)17-22/h7-10,16-19,23,26,33H,6,11-15H2,1-5H3,(H,34,36). The average Bonchev–Trinajstić information content (AvgIpc) is 2.86. The van der Waals surface area contributed by atoms with Gasteiger partial charge in [0, 0.05) is 33.8 Å². The van der Waals surface area contributed by atoms with Crippen molar-refractivity contribution < 1.29 is 9.59 Å². The Hall–Kier alpha value is -2.37. The highest BCUT2D eigenvalue weighted by molar-refractivity contribution is 6.45. The Morgan fingerprint density at radius 3 is 2.08 bits per heavy atom. The van der Waals surface area contributed by atoms with Gasteiger partial charge in [-0.2, -0.15) is 0 Å². The third-order valence-electron chi connectivity index (χ3n) is 7.52. The van der Waals surface area contributed by atoms with Crippen molar-refractivity contribution in [2.75, 3.05) is 6.54 Å². The van der Waals surface area contributed by atoms with Crippen molar-refractivity contribution in [2.45, 2.75) is 78.8 Å². The van der Waals surface area contributed by atoms with E-state index >= 15 is 0 Å². The van der Waals surface area contributed by atoms with Gasteiger partial charge in [0.15, 0.2) is 0 Å². The number of benzene rings is 2. The van der Waals surface area contributed by atoms with Gasteiger partial charge < -0.3 is 10.2 Å². The van der Waals surface area contributed by atoms with Crippen LogP contribution in [0.2, 0.25) is 10.0 Å². The van der Waals surface area contributed by atoms with E-state index in [1.54, 1.807) is 30.3 Å². The maximum absolute atomic E-state index is 13.9. The fourth-order valence-corrected chi connectivity index (χ4v) is 5.77. The third-order valence-corrected chi connectivity index (χ3v) is 7.96. The zero-order chi connectivity index (χ0) is 27.3. The summed E-state index contributed by atoms with van der Waals surface area (Å²) in [5.74, 6) is 0.159. The molecule has 200 valence electrons. The molecule has 0 heterocycles. The number of amides is 2. The highest BCUT2D eigenvalue weighted by Gasteiger charge is 2.37. The first-order chi connectivity index (χ1) is 17.4. The van der Waals surface area contributed by atoms with Gasteiger partial charge in [-0.15, -0.1) is 0 Å². The molecule has 0 radical (unpaired) electrons. The zero-order valence-electron chi connectivity index (χ0n) is 22.5. The number of halogens is 2. The summed E-state index contributed by atoms with van der Waals surface area (Å²) in [4.78, 5) is 28.1. The number of rotatable bonds is 8. The van der Waals surface area contributed by atoms with Crippen LogP contribution in [-0.4, -0.2) is 35.0 Å². The molecule has 1 unspecified atom stereocenters. The monoisotopic (exact) mass is 543 g/mol. The Morgan fingerprint density at radius 2 is 1.57 bits per heavy atom. The second-order valence-electron chi connectivity index (χ2n) is 11.2. The molecule has 0 aromatic heterocycles. The Balaban J connectivity index is 1.90. The number of hydrogen-bond donors (Lipinski definition) is 2. The highest BCUT2D eigenvalue weighted by Crippen LogP contribution is 2.41. The number of carbonyl (C=O) groups excluding carboxylic acids is 2. The summed E-state index contributed by atoms with van der Waals surface area (Å²) in [6.45, 7) is 11.5. The van der Waals surface area contributed by atoms with Gasteiger partial charge in [-0.3, -0.25) is 15.0 Å². The van der Waals surface area contributed by atoms with Gasteiger partial charge in [0.1, 0.15) is 5.71 Å². The first kappa shape index (κ1) is 29.2. The molecule has 5 nitrogen and oxygen atoms in total. The van der Waals surface area contributed by atoms with Crippen molar-refractivity contribution in [3.8, 4) is 0 Å². The summed E-state index contributed by atoms with van der Waals surface area (Å²) >= 11 is 12.4. The highest BCUT2D eigenvalue weighted by atomic mass is 35.5. The minimum Gasteiger partial charge on any atom is -0.352 e. The molecule has 1 saturated carbocycles. The van der Waals surface area contributed by atoms with Crippen LogP contribution in [0.3, 0.4) is 0 Å². The lowest BCUT2D eigenvalue weighted by atomic mass is 9.71. The molecule has 0 bridgehead atoms. The summed E-state index contributed by atoms with van der Waals surface area (Å²) < 4.78 is 0. The third kappa shape index (κ3) is 7.36. The predicted octanol–water partition coefficient (Wildman–Crippen LogP) is 7.70. The molecule has 7 heteroatoms. The van der Waals surface area contributed by atoms with E-state index in [-0.39, 0.29) is 35.0 Å². The lowest BCUT2D eigenvalue weighted by Crippen LogP contribution is -2.47. The number of nitrogens with zero attached hydrogens (tertiary/aromatic N) is 1. The van der Waals surface area contributed by atoms with E-state index in [1.165, 1.54) is 0 Å². The maximum atomic E-state index is 13.9. The van der Waals surface area contributed by atoms with Crippen molar-refractivity contribution in [1.29, 1.82) is 5.41 Å². The SMILES string of the molecule is CCCNC(=O)c1ccc(C(C)N(C(=O)C(=N)c2cc(Cl)cc(Cl)c2)C2CCC(C(C)(C)C)CC2)cc1. The van der Waals surface area contributed by atoms with Gasteiger partial charge in [0.25, 0.3) is 11.8 Å². The minimum atomic E-state index is -0.338. The molecule has 1 fully saturated rings. The van der Waals surface area contributed by atoms with E-state index in [0.717, 1.165) is 37.7 Å². The molecule has 37 heavy (non-hydrogen) atoms. The Morgan fingerprint density at radius 1 is 1.00 bits per heavy atom. The van der Waals surface area contributed by atoms with E-state index in [4.69, 9.17) is 28.6 Å². The summed E-state index contributed by atoms with van der Waals surface area (Å²) in [6, 6.07) is 12.0. The molecule has 2 aromatic carbocycles. The molecule has 1 atom stereocenters. The van der Waals surface area contributed by atoms with Crippen LogP contribution >= 0.6 is 23.2 Å². The quantitative estimate of drug-likeness (QED) is 0.334. The lowest BCUT2D eigenvalue weighted by molar-refractivity contribution is -0.130. The van der Waals surface area contributed by atoms with E-state index in [9.17, 15) is 9.59 Å². The van der Waals surface area contributed by atoms with Crippen molar-refractivity contribution >= 4 is 40.7 Å². The van der Waals surface area contributed by atoms with Crippen molar-refractivity contribution in [3.63, 3.8) is 0 Å². The van der Waals surface area contributed by atoms with Gasteiger partial charge in [-0.25, -0.2) is 0 Å². The average molecular weight is 545 g/mol. The molecule has 0 aliphatic heterocycles. The fourth-order valence-electron chi connectivity index (χ4n) is 5.24. The van der Waals surface area contributed by atoms with E-state index < -0.39 is 0 Å². The zero-order valence-corrected chi connectivity index (χ0v) is 24.0. The van der Waals surface area contributed by atoms with Crippen LogP contribution in [0.15, 0.2) is 42.5 Å². The Bertz CT molecular complexity index is 1100. The summed E-state index contributed by atoms with van der Waals surface area (Å²) in [7, 11) is 0. The van der Waals surface area contributed by atoms with Crippen LogP contribution in [0.5, 0.6) is 0 Å². The van der Waals surface area contributed by atoms with Gasteiger partial charge in [-0.1, -0.05) is 63.0 Å². The van der Waals surface area contributed by atoms with E-state index in [0.29, 0.717) is 33.6 Å². The van der Waals surface area contributed by atoms with Gasteiger partial charge >= 0.3 is 0 Å². The first-order valence-electron chi connectivity index (χ1n) is 13.2. The second-order valence-corrected chi connectivity index (χ2v) is 12.0. The summed E-state index contributed by atoms with van der Waals surface area (Å²) in [6.07, 6.45) is 4.73. The largest absolute Gasteiger partial charge is 0.352 e. The molecule has 1 aliphatic rings. The van der Waals surface area contributed by atoms with Crippen molar-refractivity contribution in [1.82, 2.24) is 10.2 Å². The number of carbonyl (C=O) groups is 2. The van der Waals surface area contributed by atoms with Crippen LogP contribution in [0.1, 0.15) is 94.2 Å². The second kappa shape index (κ2) is 12.4. The molecule has 2 aromatic rings. The topological polar surface area (TPSA) is 73.3 Å². The van der Waals surface area contributed by atoms with E-state index in [1.807, 2.05) is 30.9 Å². The molecular weight excluding hydrogens is 505 g/mol. The van der Waals surface area contributed by atoms with Gasteiger partial charge in [-0.05, 0) is 86.3 Å². The summed E-state index contributed by atoms with van der Waals surface area (Å²) in [5.41, 5.74) is 2.03. The maximum Gasteiger partial charge on any atom is 0.273 e. The first-order valence-corrected chi connectivity index (χ1v) is 13.9. The molecule has 0 spiro atoms. The van der Waals surface area contributed by atoms with Crippen LogP contribution in [0, 0.1) is 16.7 Å². The molecular formula is C30H39Cl2N3O2. The normalized spacial score (nSPS) is 18.7. The van der Waals surface area contributed by atoms with Crippen LogP contribution in [0.25, 0.3) is 0 Å². The smallest absolute Gasteiger partial charge is 0.273 e. The molecule has 2 N–H and O–H groups in total. The fraction of sp³-hybridized carbons (Fsp3) is 0.500. The van der Waals surface area contributed by atoms with Gasteiger partial charge in [0.2, 0.25) is 0 Å². The number of hydrogen-bond acceptors (Lipinski definition) is 3. The predicted molar refractivity (Wildman–Crippen MR) is 153 cm³/mol. The molecule has 0 saturated heterocycles. The van der Waals surface area contributed by atoms with Crippen molar-refractivity contribution in [2.24, 2.45) is 11.3 Å². The van der Waals surface area contributed by atoms with E-state index in [2.05, 4.69) is 26.1 Å². The Kier molecular flexibility index (Phi) is 9.82. The van der Waals surface area contributed by atoms with Crippen molar-refractivity contribution in [3.05, 3.63) is 69.2 Å². The summed E-state index contributed by atoms with van der Waals surface area (Å²) in [5, 5.41) is 12.4. The van der Waals surface area contributed by atoms with Gasteiger partial charge in [0.05, 0.1) is 6.04 Å². The van der Waals surface area contributed by atoms with Crippen LogP contribution in [0.4, 0.5) is 0 Å². The number of nitrogens with one attached hydrogen (secondary N) is 2. The minimum absolute atomic E-state index is 0.0173. The lowest BCUT2D eigenvalue weighted by Gasteiger charge is -2.43. The van der Waals surface area contributed by atoms with Crippen LogP contribution in [-0.2, 0) is 4.79 Å². The molecule has 2 amide bonds. The molecule has 1 aliphatic carbocycles. The van der Waals surface area contributed by atoms with Crippen LogP contribution < -0.4 is 5.32 Å².